The van der Waals surface area contributed by atoms with Gasteiger partial charge in [-0.1, -0.05) is 6.92 Å². The van der Waals surface area contributed by atoms with E-state index in [0.717, 1.165) is 18.0 Å². The van der Waals surface area contributed by atoms with E-state index in [1.165, 1.54) is 0 Å². The molecule has 0 spiro atoms. The number of esters is 1. The molecule has 0 aromatic heterocycles. The second-order valence-electron chi connectivity index (χ2n) is 4.56. The van der Waals surface area contributed by atoms with Crippen LogP contribution in [0.1, 0.15) is 20.3 Å². The summed E-state index contributed by atoms with van der Waals surface area (Å²) in [7, 11) is 6.16. The van der Waals surface area contributed by atoms with Crippen molar-refractivity contribution >= 4 is 11.9 Å². The van der Waals surface area contributed by atoms with Gasteiger partial charge in [0.15, 0.2) is 0 Å². The Morgan fingerprint density at radius 2 is 1.82 bits per heavy atom. The van der Waals surface area contributed by atoms with Crippen LogP contribution in [-0.4, -0.2) is 61.9 Å². The van der Waals surface area contributed by atoms with E-state index in [9.17, 15) is 14.7 Å². The zero-order valence-corrected chi connectivity index (χ0v) is 11.2. The van der Waals surface area contributed by atoms with Crippen molar-refractivity contribution in [3.05, 3.63) is 0 Å². The van der Waals surface area contributed by atoms with Gasteiger partial charge in [0.05, 0.1) is 33.7 Å². The molecule has 0 bridgehead atoms. The van der Waals surface area contributed by atoms with E-state index >= 15 is 0 Å². The summed E-state index contributed by atoms with van der Waals surface area (Å²) in [5.74, 6) is -1.95. The second kappa shape index (κ2) is 8.95. The Morgan fingerprint density at radius 3 is 1.88 bits per heavy atom. The number of aliphatic hydroxyl groups excluding tert-OH is 1. The molecule has 6 heteroatoms. The molecule has 0 fully saturated rings. The number of carboxylic acid groups (broad SMARTS) is 1. The first kappa shape index (κ1) is 18.2. The Labute approximate surface area is 102 Å². The Hall–Kier alpha value is -1.14. The first-order valence-electron chi connectivity index (χ1n) is 5.43. The van der Waals surface area contributed by atoms with E-state index in [1.54, 1.807) is 6.92 Å². The van der Waals surface area contributed by atoms with Gasteiger partial charge in [0, 0.05) is 6.92 Å². The van der Waals surface area contributed by atoms with Crippen molar-refractivity contribution in [2.75, 3.05) is 34.3 Å². The minimum Gasteiger partial charge on any atom is -0.546 e. The van der Waals surface area contributed by atoms with E-state index in [1.807, 2.05) is 0 Å². The summed E-state index contributed by atoms with van der Waals surface area (Å²) in [4.78, 5) is 20.3. The first-order valence-corrected chi connectivity index (χ1v) is 5.43. The lowest BCUT2D eigenvalue weighted by molar-refractivity contribution is -0.870. The highest BCUT2D eigenvalue weighted by atomic mass is 16.6. The smallest absolute Gasteiger partial charge is 0.303 e. The van der Waals surface area contributed by atoms with E-state index in [2.05, 4.69) is 25.9 Å². The molecule has 0 aromatic rings. The Kier molecular flexibility index (Phi) is 9.60. The maximum absolute atomic E-state index is 10.2. The highest BCUT2D eigenvalue weighted by Gasteiger charge is 2.09. The number of carboxylic acids is 1. The maximum Gasteiger partial charge on any atom is 0.303 e. The Morgan fingerprint density at radius 1 is 1.35 bits per heavy atom. The number of rotatable bonds is 5. The molecular formula is C11H23NO5. The summed E-state index contributed by atoms with van der Waals surface area (Å²) in [6.07, 6.45) is -0.862. The number of ether oxygens (including phenoxy) is 1. The monoisotopic (exact) mass is 249 g/mol. The van der Waals surface area contributed by atoms with Crippen LogP contribution in [0.4, 0.5) is 0 Å². The molecular weight excluding hydrogens is 226 g/mol. The third-order valence-electron chi connectivity index (χ3n) is 1.71. The average molecular weight is 249 g/mol. The molecule has 0 amide bonds. The van der Waals surface area contributed by atoms with E-state index in [0.29, 0.717) is 0 Å². The summed E-state index contributed by atoms with van der Waals surface area (Å²) in [6, 6.07) is 0. The lowest BCUT2D eigenvalue weighted by Gasteiger charge is -2.21. The fraction of sp³-hybridized carbons (Fsp3) is 0.818. The minimum absolute atomic E-state index is 0.238. The van der Waals surface area contributed by atoms with Gasteiger partial charge in [0.25, 0.3) is 0 Å². The molecule has 0 aliphatic heterocycles. The van der Waals surface area contributed by atoms with Gasteiger partial charge in [0.1, 0.15) is 12.6 Å². The van der Waals surface area contributed by atoms with Crippen LogP contribution in [0, 0.1) is 0 Å². The van der Waals surface area contributed by atoms with Gasteiger partial charge in [-0.3, -0.25) is 4.79 Å². The van der Waals surface area contributed by atoms with E-state index < -0.39 is 18.0 Å². The molecule has 1 N–H and O–H groups in total. The SMILES string of the molecule is CCC(OC(C)=O)C(=O)[O-].C[N+](C)(C)CCO. The van der Waals surface area contributed by atoms with Crippen LogP contribution in [0.3, 0.4) is 0 Å². The number of nitrogens with zero attached hydrogens (tertiary/aromatic N) is 1. The molecule has 102 valence electrons. The van der Waals surface area contributed by atoms with Gasteiger partial charge in [0.2, 0.25) is 0 Å². The van der Waals surface area contributed by atoms with Crippen LogP contribution in [0.5, 0.6) is 0 Å². The largest absolute Gasteiger partial charge is 0.546 e. The molecule has 0 saturated heterocycles. The zero-order chi connectivity index (χ0) is 14.1. The van der Waals surface area contributed by atoms with Crippen molar-refractivity contribution in [1.82, 2.24) is 0 Å². The number of aliphatic carboxylic acids is 1. The fourth-order valence-electron chi connectivity index (χ4n) is 0.798. The average Bonchev–Trinajstić information content (AvgIpc) is 2.12. The van der Waals surface area contributed by atoms with Crippen LogP contribution < -0.4 is 5.11 Å². The van der Waals surface area contributed by atoms with Gasteiger partial charge in [-0.2, -0.15) is 0 Å². The van der Waals surface area contributed by atoms with Gasteiger partial charge < -0.3 is 24.2 Å². The third-order valence-corrected chi connectivity index (χ3v) is 1.71. The molecule has 0 aromatic carbocycles. The molecule has 1 unspecified atom stereocenters. The van der Waals surface area contributed by atoms with Crippen LogP contribution in [0.25, 0.3) is 0 Å². The maximum atomic E-state index is 10.2. The molecule has 6 nitrogen and oxygen atoms in total. The number of carbonyl (C=O) groups excluding carboxylic acids is 2. The fourth-order valence-corrected chi connectivity index (χ4v) is 0.798. The van der Waals surface area contributed by atoms with Crippen molar-refractivity contribution in [2.24, 2.45) is 0 Å². The lowest BCUT2D eigenvalue weighted by Crippen LogP contribution is -2.37. The van der Waals surface area contributed by atoms with Gasteiger partial charge >= 0.3 is 5.97 Å². The molecule has 0 aliphatic carbocycles. The van der Waals surface area contributed by atoms with Crippen molar-refractivity contribution in [3.63, 3.8) is 0 Å². The van der Waals surface area contributed by atoms with Gasteiger partial charge in [-0.25, -0.2) is 0 Å². The van der Waals surface area contributed by atoms with Crippen LogP contribution in [0.2, 0.25) is 0 Å². The number of aliphatic hydroxyl groups is 1. The van der Waals surface area contributed by atoms with Crippen molar-refractivity contribution in [3.8, 4) is 0 Å². The van der Waals surface area contributed by atoms with Crippen LogP contribution >= 0.6 is 0 Å². The Balaban J connectivity index is 0. The first-order chi connectivity index (χ1) is 7.64. The highest BCUT2D eigenvalue weighted by Crippen LogP contribution is 1.95. The van der Waals surface area contributed by atoms with E-state index in [4.69, 9.17) is 5.11 Å². The lowest BCUT2D eigenvalue weighted by atomic mass is 10.3. The van der Waals surface area contributed by atoms with Crippen molar-refractivity contribution < 1.29 is 29.0 Å². The molecule has 0 rings (SSSR count). The van der Waals surface area contributed by atoms with Gasteiger partial charge in [-0.05, 0) is 6.42 Å². The van der Waals surface area contributed by atoms with Crippen molar-refractivity contribution in [2.45, 2.75) is 26.4 Å². The van der Waals surface area contributed by atoms with Crippen molar-refractivity contribution in [1.29, 1.82) is 0 Å². The normalized spacial score (nSPS) is 12.1. The molecule has 0 aliphatic rings. The topological polar surface area (TPSA) is 86.7 Å². The summed E-state index contributed by atoms with van der Waals surface area (Å²) in [5, 5.41) is 18.5. The van der Waals surface area contributed by atoms with Crippen LogP contribution in [0.15, 0.2) is 0 Å². The predicted octanol–water partition coefficient (Wildman–Crippen LogP) is -1.24. The summed E-state index contributed by atoms with van der Waals surface area (Å²) in [5.41, 5.74) is 0. The quantitative estimate of drug-likeness (QED) is 0.486. The van der Waals surface area contributed by atoms with Gasteiger partial charge in [-0.15, -0.1) is 0 Å². The molecule has 0 saturated carbocycles. The number of quaternary nitrogens is 1. The van der Waals surface area contributed by atoms with Crippen LogP contribution in [-0.2, 0) is 14.3 Å². The zero-order valence-electron chi connectivity index (χ0n) is 11.2. The highest BCUT2D eigenvalue weighted by molar-refractivity contribution is 5.75. The number of likely N-dealkylation sites (N-methyl/N-ethyl adjacent to an activating group) is 1. The van der Waals surface area contributed by atoms with E-state index in [-0.39, 0.29) is 13.0 Å². The standard InChI is InChI=1S/C6H10O4.C5H14NO/c1-3-5(6(8)9)10-4(2)7;1-6(2,3)4-5-7/h5H,3H2,1-2H3,(H,8,9);7H,4-5H2,1-3H3/q;+1/p-1. The summed E-state index contributed by atoms with van der Waals surface area (Å²) >= 11 is 0. The Bertz CT molecular complexity index is 235. The molecule has 0 radical (unpaired) electrons. The summed E-state index contributed by atoms with van der Waals surface area (Å²) in [6.45, 7) is 3.87. The molecule has 17 heavy (non-hydrogen) atoms. The number of carbonyl (C=O) groups is 2. The number of hydrogen-bond donors (Lipinski definition) is 1. The third kappa shape index (κ3) is 14.9. The predicted molar refractivity (Wildman–Crippen MR) is 60.8 cm³/mol. The summed E-state index contributed by atoms with van der Waals surface area (Å²) < 4.78 is 5.20. The molecule has 1 atom stereocenters. The minimum atomic E-state index is -1.35. The molecule has 0 heterocycles. The number of hydrogen-bond acceptors (Lipinski definition) is 5. The second-order valence-corrected chi connectivity index (χ2v) is 4.56.